The Morgan fingerprint density at radius 2 is 1.85 bits per heavy atom. The average Bonchev–Trinajstić information content (AvgIpc) is 3.13. The van der Waals surface area contributed by atoms with Gasteiger partial charge >= 0.3 is 0 Å². The van der Waals surface area contributed by atoms with E-state index in [2.05, 4.69) is 48.8 Å². The van der Waals surface area contributed by atoms with Crippen LogP contribution < -0.4 is 14.8 Å². The summed E-state index contributed by atoms with van der Waals surface area (Å²) in [5.41, 5.74) is 3.83. The maximum atomic E-state index is 12.5. The van der Waals surface area contributed by atoms with Gasteiger partial charge in [0, 0.05) is 3.57 Å². The highest BCUT2D eigenvalue weighted by atomic mass is 127. The topological polar surface area (TPSA) is 59.9 Å². The van der Waals surface area contributed by atoms with Crippen molar-refractivity contribution in [3.05, 3.63) is 90.3 Å². The number of halogens is 2. The molecule has 3 aromatic rings. The molecule has 5 nitrogen and oxygen atoms in total. The third-order valence-corrected chi connectivity index (χ3v) is 6.98. The second kappa shape index (κ2) is 10.8. The van der Waals surface area contributed by atoms with E-state index < -0.39 is 0 Å². The highest BCUT2D eigenvalue weighted by molar-refractivity contribution is 14.1. The van der Waals surface area contributed by atoms with E-state index in [1.165, 1.54) is 15.3 Å². The van der Waals surface area contributed by atoms with Crippen molar-refractivity contribution in [3.63, 3.8) is 0 Å². The van der Waals surface area contributed by atoms with Gasteiger partial charge < -0.3 is 14.8 Å². The van der Waals surface area contributed by atoms with Gasteiger partial charge in [-0.3, -0.25) is 4.79 Å². The Morgan fingerprint density at radius 3 is 2.55 bits per heavy atom. The molecule has 0 bridgehead atoms. The molecule has 1 saturated heterocycles. The van der Waals surface area contributed by atoms with Crippen molar-refractivity contribution in [1.82, 2.24) is 5.32 Å². The van der Waals surface area contributed by atoms with Gasteiger partial charge in [0.15, 0.2) is 16.7 Å². The molecule has 4 rings (SSSR count). The molecule has 1 fully saturated rings. The van der Waals surface area contributed by atoms with Crippen LogP contribution in [0, 0.1) is 10.5 Å². The fourth-order valence-electron chi connectivity index (χ4n) is 3.07. The number of carbonyl (C=O) groups is 1. The van der Waals surface area contributed by atoms with Crippen molar-refractivity contribution in [3.8, 4) is 11.5 Å². The lowest BCUT2D eigenvalue weighted by Crippen LogP contribution is -2.19. The summed E-state index contributed by atoms with van der Waals surface area (Å²) in [4.78, 5) is 17.5. The number of ether oxygens (including phenoxy) is 2. The smallest absolute Gasteiger partial charge is 0.264 e. The number of amidine groups is 1. The van der Waals surface area contributed by atoms with Gasteiger partial charge in [-0.1, -0.05) is 29.8 Å². The number of hydrogen-bond acceptors (Lipinski definition) is 5. The number of carbonyl (C=O) groups excluding carboxylic acids is 1. The van der Waals surface area contributed by atoms with Gasteiger partial charge in [0.2, 0.25) is 0 Å². The van der Waals surface area contributed by atoms with Gasteiger partial charge in [-0.15, -0.1) is 0 Å². The quantitative estimate of drug-likeness (QED) is 0.238. The predicted octanol–water partition coefficient (Wildman–Crippen LogP) is 6.84. The Balaban J connectivity index is 1.52. The molecule has 33 heavy (non-hydrogen) atoms. The van der Waals surface area contributed by atoms with E-state index >= 15 is 0 Å². The van der Waals surface area contributed by atoms with Gasteiger partial charge in [-0.2, -0.15) is 0 Å². The minimum Gasteiger partial charge on any atom is -0.493 e. The first-order valence-corrected chi connectivity index (χ1v) is 12.7. The van der Waals surface area contributed by atoms with Crippen LogP contribution in [0.15, 0.2) is 75.0 Å². The van der Waals surface area contributed by atoms with Gasteiger partial charge in [-0.05, 0) is 111 Å². The number of benzene rings is 3. The Kier molecular flexibility index (Phi) is 7.77. The first kappa shape index (κ1) is 23.8. The van der Waals surface area contributed by atoms with Crippen molar-refractivity contribution in [2.24, 2.45) is 4.99 Å². The number of nitrogens with one attached hydrogen (secondary N) is 1. The van der Waals surface area contributed by atoms with Crippen LogP contribution in [0.25, 0.3) is 6.08 Å². The Morgan fingerprint density at radius 1 is 1.12 bits per heavy atom. The molecular formula is C25H20BrIN2O3S. The van der Waals surface area contributed by atoms with Crippen LogP contribution >= 0.6 is 50.3 Å². The summed E-state index contributed by atoms with van der Waals surface area (Å²) in [7, 11) is 1.60. The molecule has 0 aromatic heterocycles. The fourth-order valence-corrected chi connectivity index (χ4v) is 4.84. The number of rotatable bonds is 6. The number of methoxy groups -OCH3 is 1. The van der Waals surface area contributed by atoms with Crippen LogP contribution in [0.5, 0.6) is 11.5 Å². The van der Waals surface area contributed by atoms with Crippen LogP contribution in [0.4, 0.5) is 5.69 Å². The largest absolute Gasteiger partial charge is 0.493 e. The minimum atomic E-state index is -0.181. The van der Waals surface area contributed by atoms with Crippen molar-refractivity contribution < 1.29 is 14.3 Å². The molecule has 0 atom stereocenters. The summed E-state index contributed by atoms with van der Waals surface area (Å²) < 4.78 is 13.5. The monoisotopic (exact) mass is 634 g/mol. The number of nitrogens with zero attached hydrogens (tertiary/aromatic N) is 1. The second-order valence-electron chi connectivity index (χ2n) is 7.27. The number of thioether (sulfide) groups is 1. The molecule has 0 radical (unpaired) electrons. The van der Waals surface area contributed by atoms with E-state index in [0.717, 1.165) is 26.9 Å². The molecule has 0 saturated carbocycles. The molecule has 3 aromatic carbocycles. The van der Waals surface area contributed by atoms with Crippen LogP contribution in [-0.2, 0) is 11.4 Å². The lowest BCUT2D eigenvalue weighted by molar-refractivity contribution is -0.115. The lowest BCUT2D eigenvalue weighted by Gasteiger charge is -2.14. The number of amides is 1. The number of aliphatic imine (C=N–C) groups is 1. The van der Waals surface area contributed by atoms with Crippen molar-refractivity contribution in [2.45, 2.75) is 13.5 Å². The molecule has 1 heterocycles. The summed E-state index contributed by atoms with van der Waals surface area (Å²) in [5, 5.41) is 3.38. The first-order chi connectivity index (χ1) is 15.9. The summed E-state index contributed by atoms with van der Waals surface area (Å²) in [6.45, 7) is 2.44. The van der Waals surface area contributed by atoms with Crippen molar-refractivity contribution in [2.75, 3.05) is 7.11 Å². The first-order valence-electron chi connectivity index (χ1n) is 10.0. The lowest BCUT2D eigenvalue weighted by atomic mass is 10.2. The van der Waals surface area contributed by atoms with E-state index in [1.54, 1.807) is 7.11 Å². The average molecular weight is 635 g/mol. The molecule has 1 aliphatic rings. The zero-order chi connectivity index (χ0) is 23.4. The number of hydrogen-bond donors (Lipinski definition) is 1. The van der Waals surface area contributed by atoms with Crippen molar-refractivity contribution >= 4 is 73.1 Å². The minimum absolute atomic E-state index is 0.181. The highest BCUT2D eigenvalue weighted by Gasteiger charge is 2.24. The molecule has 0 spiro atoms. The van der Waals surface area contributed by atoms with Crippen molar-refractivity contribution in [1.29, 1.82) is 0 Å². The van der Waals surface area contributed by atoms with Gasteiger partial charge in [-0.25, -0.2) is 4.99 Å². The van der Waals surface area contributed by atoms with E-state index in [1.807, 2.05) is 73.7 Å². The predicted molar refractivity (Wildman–Crippen MR) is 146 cm³/mol. The SMILES string of the molecule is COc1cc(/C=C2/SC(=Nc3ccc(C)cc3)NC2=O)cc(Br)c1OCc1ccc(I)cc1. The Hall–Kier alpha value is -2.30. The van der Waals surface area contributed by atoms with Gasteiger partial charge in [0.05, 0.1) is 22.2 Å². The second-order valence-corrected chi connectivity index (χ2v) is 10.4. The fraction of sp³-hybridized carbons (Fsp3) is 0.120. The normalized spacial score (nSPS) is 15.7. The van der Waals surface area contributed by atoms with Crippen LogP contribution in [-0.4, -0.2) is 18.2 Å². The third-order valence-electron chi connectivity index (χ3n) is 4.76. The van der Waals surface area contributed by atoms with E-state index in [-0.39, 0.29) is 5.91 Å². The van der Waals surface area contributed by atoms with Crippen LogP contribution in [0.1, 0.15) is 16.7 Å². The summed E-state index contributed by atoms with van der Waals surface area (Å²) in [6, 6.07) is 19.7. The van der Waals surface area contributed by atoms with E-state index in [4.69, 9.17) is 9.47 Å². The molecule has 1 amide bonds. The summed E-state index contributed by atoms with van der Waals surface area (Å²) in [6.07, 6.45) is 1.81. The highest BCUT2D eigenvalue weighted by Crippen LogP contribution is 2.39. The molecule has 0 aliphatic carbocycles. The van der Waals surface area contributed by atoms with E-state index in [9.17, 15) is 4.79 Å². The standard InChI is InChI=1S/C25H20BrIN2O3S/c1-15-3-9-19(10-4-15)28-25-29-24(30)22(33-25)13-17-11-20(26)23(21(12-17)31-2)32-14-16-5-7-18(27)8-6-16/h3-13H,14H2,1-2H3,(H,28,29,30)/b22-13+. The molecule has 8 heteroatoms. The molecule has 1 aliphatic heterocycles. The molecule has 0 unspecified atom stereocenters. The van der Waals surface area contributed by atoms with Gasteiger partial charge in [0.1, 0.15) is 6.61 Å². The molecule has 168 valence electrons. The maximum absolute atomic E-state index is 12.5. The van der Waals surface area contributed by atoms with Crippen LogP contribution in [0.2, 0.25) is 0 Å². The Labute approximate surface area is 218 Å². The van der Waals surface area contributed by atoms with Gasteiger partial charge in [0.25, 0.3) is 5.91 Å². The van der Waals surface area contributed by atoms with E-state index in [0.29, 0.717) is 28.2 Å². The third kappa shape index (κ3) is 6.18. The molecule has 1 N–H and O–H groups in total. The zero-order valence-electron chi connectivity index (χ0n) is 17.9. The Bertz CT molecular complexity index is 1240. The number of aryl methyl sites for hydroxylation is 1. The molecular weight excluding hydrogens is 615 g/mol. The summed E-state index contributed by atoms with van der Waals surface area (Å²) >= 11 is 7.17. The zero-order valence-corrected chi connectivity index (χ0v) is 22.5. The maximum Gasteiger partial charge on any atom is 0.264 e. The van der Waals surface area contributed by atoms with Crippen LogP contribution in [0.3, 0.4) is 0 Å². The summed E-state index contributed by atoms with van der Waals surface area (Å²) in [5.74, 6) is 1.02.